The highest BCUT2D eigenvalue weighted by Crippen LogP contribution is 2.16. The first-order valence-corrected chi connectivity index (χ1v) is 6.04. The van der Waals surface area contributed by atoms with Crippen LogP contribution in [0.1, 0.15) is 38.7 Å². The van der Waals surface area contributed by atoms with Gasteiger partial charge in [0.15, 0.2) is 0 Å². The van der Waals surface area contributed by atoms with Crippen LogP contribution >= 0.6 is 0 Å². The van der Waals surface area contributed by atoms with Gasteiger partial charge in [0.25, 0.3) is 0 Å². The van der Waals surface area contributed by atoms with Crippen LogP contribution in [0.5, 0.6) is 0 Å². The van der Waals surface area contributed by atoms with Gasteiger partial charge in [-0.2, -0.15) is 0 Å². The van der Waals surface area contributed by atoms with Crippen molar-refractivity contribution < 1.29 is 0 Å². The lowest BCUT2D eigenvalue weighted by Gasteiger charge is -2.27. The second-order valence-corrected chi connectivity index (χ2v) is 3.74. The summed E-state index contributed by atoms with van der Waals surface area (Å²) in [6.07, 6.45) is 5.96. The number of hydrogen-bond donors (Lipinski definition) is 0. The number of aryl methyl sites for hydroxylation is 1. The van der Waals surface area contributed by atoms with Crippen LogP contribution in [0.25, 0.3) is 0 Å². The summed E-state index contributed by atoms with van der Waals surface area (Å²) >= 11 is 0. The molecule has 1 saturated heterocycles. The minimum atomic E-state index is 1.14. The average Bonchev–Trinajstić information content (AvgIpc) is 2.34. The Balaban J connectivity index is 0.000000531. The van der Waals surface area contributed by atoms with Gasteiger partial charge < -0.3 is 4.90 Å². The van der Waals surface area contributed by atoms with Crippen LogP contribution in [-0.2, 0) is 0 Å². The van der Waals surface area contributed by atoms with Crippen molar-refractivity contribution in [3.05, 3.63) is 23.9 Å². The second kappa shape index (κ2) is 6.44. The second-order valence-electron chi connectivity index (χ2n) is 3.74. The minimum Gasteiger partial charge on any atom is -0.357 e. The molecule has 0 amide bonds. The fraction of sp³-hybridized carbons (Fsp3) is 0.615. The summed E-state index contributed by atoms with van der Waals surface area (Å²) < 4.78 is 0. The predicted molar refractivity (Wildman–Crippen MR) is 66.4 cm³/mol. The first-order valence-electron chi connectivity index (χ1n) is 6.04. The molecule has 1 aliphatic heterocycles. The highest BCUT2D eigenvalue weighted by molar-refractivity contribution is 5.39. The van der Waals surface area contributed by atoms with Gasteiger partial charge in [0, 0.05) is 19.3 Å². The monoisotopic (exact) mass is 206 g/mol. The third-order valence-corrected chi connectivity index (χ3v) is 2.58. The molecule has 2 heteroatoms. The molecule has 84 valence electrons. The summed E-state index contributed by atoms with van der Waals surface area (Å²) in [4.78, 5) is 6.81. The molecule has 0 bridgehead atoms. The molecule has 1 aliphatic rings. The number of nitrogens with zero attached hydrogens (tertiary/aromatic N) is 2. The molecule has 1 fully saturated rings. The van der Waals surface area contributed by atoms with Gasteiger partial charge in [-0.15, -0.1) is 0 Å². The van der Waals surface area contributed by atoms with Gasteiger partial charge in [-0.25, -0.2) is 4.98 Å². The van der Waals surface area contributed by atoms with E-state index in [1.807, 2.05) is 20.0 Å². The van der Waals surface area contributed by atoms with E-state index < -0.39 is 0 Å². The average molecular weight is 206 g/mol. The number of piperidine rings is 1. The van der Waals surface area contributed by atoms with E-state index in [2.05, 4.69) is 28.9 Å². The Labute approximate surface area is 93.3 Å². The van der Waals surface area contributed by atoms with Gasteiger partial charge in [-0.05, 0) is 37.8 Å². The molecule has 0 N–H and O–H groups in total. The van der Waals surface area contributed by atoms with Crippen molar-refractivity contribution in [1.82, 2.24) is 4.98 Å². The molecule has 0 radical (unpaired) electrons. The predicted octanol–water partition coefficient (Wildman–Crippen LogP) is 3.41. The SMILES string of the molecule is CC.Cc1ccc(N2CCCCC2)nc1. The molecule has 0 saturated carbocycles. The molecule has 0 spiro atoms. The Morgan fingerprint density at radius 2 is 1.73 bits per heavy atom. The molecular formula is C13H22N2. The van der Waals surface area contributed by atoms with Crippen molar-refractivity contribution in [2.75, 3.05) is 18.0 Å². The maximum Gasteiger partial charge on any atom is 0.128 e. The largest absolute Gasteiger partial charge is 0.357 e. The lowest BCUT2D eigenvalue weighted by Crippen LogP contribution is -2.29. The van der Waals surface area contributed by atoms with E-state index in [4.69, 9.17) is 0 Å². The molecule has 2 rings (SSSR count). The molecule has 2 nitrogen and oxygen atoms in total. The van der Waals surface area contributed by atoms with Crippen molar-refractivity contribution in [2.45, 2.75) is 40.0 Å². The zero-order chi connectivity index (χ0) is 11.1. The van der Waals surface area contributed by atoms with Crippen molar-refractivity contribution in [2.24, 2.45) is 0 Å². The van der Waals surface area contributed by atoms with Crippen LogP contribution in [0.3, 0.4) is 0 Å². The summed E-state index contributed by atoms with van der Waals surface area (Å²) in [6, 6.07) is 4.26. The smallest absolute Gasteiger partial charge is 0.128 e. The summed E-state index contributed by atoms with van der Waals surface area (Å²) in [5, 5.41) is 0. The summed E-state index contributed by atoms with van der Waals surface area (Å²) in [6.45, 7) is 8.43. The lowest BCUT2D eigenvalue weighted by molar-refractivity contribution is 0.573. The number of aromatic nitrogens is 1. The zero-order valence-electron chi connectivity index (χ0n) is 10.2. The van der Waals surface area contributed by atoms with Crippen molar-refractivity contribution in [1.29, 1.82) is 0 Å². The third kappa shape index (κ3) is 3.54. The number of hydrogen-bond acceptors (Lipinski definition) is 2. The van der Waals surface area contributed by atoms with E-state index in [-0.39, 0.29) is 0 Å². The highest BCUT2D eigenvalue weighted by Gasteiger charge is 2.10. The van der Waals surface area contributed by atoms with Crippen LogP contribution in [0.2, 0.25) is 0 Å². The van der Waals surface area contributed by atoms with Gasteiger partial charge in [-0.1, -0.05) is 19.9 Å². The van der Waals surface area contributed by atoms with E-state index in [1.54, 1.807) is 0 Å². The fourth-order valence-electron chi connectivity index (χ4n) is 1.77. The molecule has 0 atom stereocenters. The van der Waals surface area contributed by atoms with Crippen LogP contribution < -0.4 is 4.90 Å². The summed E-state index contributed by atoms with van der Waals surface area (Å²) in [5.74, 6) is 1.14. The Hall–Kier alpha value is -1.05. The van der Waals surface area contributed by atoms with Crippen LogP contribution in [-0.4, -0.2) is 18.1 Å². The normalized spacial score (nSPS) is 15.5. The van der Waals surface area contributed by atoms with E-state index in [0.717, 1.165) is 5.82 Å². The van der Waals surface area contributed by atoms with Gasteiger partial charge in [0.1, 0.15) is 5.82 Å². The highest BCUT2D eigenvalue weighted by atomic mass is 15.2. The third-order valence-electron chi connectivity index (χ3n) is 2.58. The Morgan fingerprint density at radius 3 is 2.27 bits per heavy atom. The number of pyridine rings is 1. The first-order chi connectivity index (χ1) is 7.36. The molecule has 0 aliphatic carbocycles. The molecule has 1 aromatic heterocycles. The standard InChI is InChI=1S/C11H16N2.C2H6/c1-10-5-6-11(12-9-10)13-7-3-2-4-8-13;1-2/h5-6,9H,2-4,7-8H2,1H3;1-2H3. The Kier molecular flexibility index (Phi) is 5.16. The molecular weight excluding hydrogens is 184 g/mol. The summed E-state index contributed by atoms with van der Waals surface area (Å²) in [7, 11) is 0. The van der Waals surface area contributed by atoms with Crippen molar-refractivity contribution in [3.63, 3.8) is 0 Å². The Bertz CT molecular complexity index is 260. The fourth-order valence-corrected chi connectivity index (χ4v) is 1.77. The van der Waals surface area contributed by atoms with Crippen molar-refractivity contribution in [3.8, 4) is 0 Å². The van der Waals surface area contributed by atoms with Gasteiger partial charge in [-0.3, -0.25) is 0 Å². The van der Waals surface area contributed by atoms with Gasteiger partial charge in [0.05, 0.1) is 0 Å². The molecule has 15 heavy (non-hydrogen) atoms. The van der Waals surface area contributed by atoms with Crippen LogP contribution in [0.4, 0.5) is 5.82 Å². The van der Waals surface area contributed by atoms with Crippen LogP contribution in [0, 0.1) is 6.92 Å². The molecule has 2 heterocycles. The minimum absolute atomic E-state index is 1.14. The van der Waals surface area contributed by atoms with E-state index in [1.165, 1.54) is 37.9 Å². The molecule has 0 unspecified atom stereocenters. The van der Waals surface area contributed by atoms with Gasteiger partial charge in [0.2, 0.25) is 0 Å². The van der Waals surface area contributed by atoms with E-state index >= 15 is 0 Å². The van der Waals surface area contributed by atoms with E-state index in [9.17, 15) is 0 Å². The zero-order valence-corrected chi connectivity index (χ0v) is 10.2. The number of rotatable bonds is 1. The van der Waals surface area contributed by atoms with E-state index in [0.29, 0.717) is 0 Å². The Morgan fingerprint density at radius 1 is 1.07 bits per heavy atom. The van der Waals surface area contributed by atoms with Crippen LogP contribution in [0.15, 0.2) is 18.3 Å². The molecule has 1 aromatic rings. The maximum absolute atomic E-state index is 4.43. The quantitative estimate of drug-likeness (QED) is 0.700. The van der Waals surface area contributed by atoms with Gasteiger partial charge >= 0.3 is 0 Å². The van der Waals surface area contributed by atoms with Crippen molar-refractivity contribution >= 4 is 5.82 Å². The molecule has 0 aromatic carbocycles. The topological polar surface area (TPSA) is 16.1 Å². The summed E-state index contributed by atoms with van der Waals surface area (Å²) in [5.41, 5.74) is 1.24. The lowest BCUT2D eigenvalue weighted by atomic mass is 10.1. The maximum atomic E-state index is 4.43. The first kappa shape index (κ1) is 12.0. The number of anilines is 1.